The highest BCUT2D eigenvalue weighted by Gasteiger charge is 2.11. The van der Waals surface area contributed by atoms with E-state index >= 15 is 0 Å². The van der Waals surface area contributed by atoms with Crippen molar-refractivity contribution in [1.29, 1.82) is 0 Å². The second kappa shape index (κ2) is 4.33. The number of primary sulfonamides is 1. The molecule has 0 bridgehead atoms. The molecule has 0 aliphatic rings. The molecule has 5 heteroatoms. The summed E-state index contributed by atoms with van der Waals surface area (Å²) in [6.45, 7) is 1.73. The molecule has 0 atom stereocenters. The summed E-state index contributed by atoms with van der Waals surface area (Å²) >= 11 is 4.08. The van der Waals surface area contributed by atoms with Gasteiger partial charge in [-0.3, -0.25) is 0 Å². The lowest BCUT2D eigenvalue weighted by atomic mass is 10.1. The first kappa shape index (κ1) is 11.6. The summed E-state index contributed by atoms with van der Waals surface area (Å²) in [5.41, 5.74) is 1.62. The fraction of sp³-hybridized carbons (Fsp3) is 0.333. The minimum absolute atomic E-state index is 0.205. The van der Waals surface area contributed by atoms with E-state index in [9.17, 15) is 8.42 Å². The van der Waals surface area contributed by atoms with Crippen LogP contribution < -0.4 is 5.14 Å². The number of nitrogens with two attached hydrogens (primary N) is 1. The highest BCUT2D eigenvalue weighted by Crippen LogP contribution is 2.16. The van der Waals surface area contributed by atoms with Gasteiger partial charge in [0.2, 0.25) is 10.0 Å². The van der Waals surface area contributed by atoms with Crippen LogP contribution in [0.2, 0.25) is 0 Å². The van der Waals surface area contributed by atoms with Gasteiger partial charge >= 0.3 is 0 Å². The van der Waals surface area contributed by atoms with E-state index in [4.69, 9.17) is 5.14 Å². The number of hydrogen-bond donors (Lipinski definition) is 2. The Kier molecular flexibility index (Phi) is 3.58. The summed E-state index contributed by atoms with van der Waals surface area (Å²) < 4.78 is 22.3. The van der Waals surface area contributed by atoms with Crippen LogP contribution in [-0.2, 0) is 16.4 Å². The fourth-order valence-electron chi connectivity index (χ4n) is 1.24. The van der Waals surface area contributed by atoms with Gasteiger partial charge in [0.05, 0.1) is 4.90 Å². The van der Waals surface area contributed by atoms with Gasteiger partial charge < -0.3 is 0 Å². The highest BCUT2D eigenvalue weighted by atomic mass is 32.2. The molecule has 78 valence electrons. The molecule has 0 heterocycles. The van der Waals surface area contributed by atoms with Crippen molar-refractivity contribution in [3.63, 3.8) is 0 Å². The average Bonchev–Trinajstić information content (AvgIpc) is 2.07. The molecule has 1 aromatic rings. The first-order valence-electron chi connectivity index (χ1n) is 4.18. The van der Waals surface area contributed by atoms with Crippen LogP contribution in [0.5, 0.6) is 0 Å². The Hall–Kier alpha value is -0.520. The molecule has 2 N–H and O–H groups in total. The van der Waals surface area contributed by atoms with Gasteiger partial charge in [0, 0.05) is 0 Å². The van der Waals surface area contributed by atoms with Crippen molar-refractivity contribution in [2.75, 3.05) is 5.75 Å². The number of benzene rings is 1. The van der Waals surface area contributed by atoms with Crippen LogP contribution in [0.4, 0.5) is 0 Å². The van der Waals surface area contributed by atoms with Gasteiger partial charge in [0.15, 0.2) is 0 Å². The third-order valence-corrected chi connectivity index (χ3v) is 3.24. The minimum atomic E-state index is -3.60. The largest absolute Gasteiger partial charge is 0.238 e. The van der Waals surface area contributed by atoms with E-state index < -0.39 is 10.0 Å². The molecule has 0 aromatic heterocycles. The number of rotatable bonds is 3. The first-order valence-corrected chi connectivity index (χ1v) is 6.36. The maximum absolute atomic E-state index is 11.2. The van der Waals surface area contributed by atoms with Crippen LogP contribution in [-0.4, -0.2) is 14.2 Å². The lowest BCUT2D eigenvalue weighted by Crippen LogP contribution is -2.14. The van der Waals surface area contributed by atoms with Crippen molar-refractivity contribution >= 4 is 22.7 Å². The summed E-state index contributed by atoms with van der Waals surface area (Å²) in [7, 11) is -3.60. The Morgan fingerprint density at radius 2 is 2.07 bits per heavy atom. The lowest BCUT2D eigenvalue weighted by Gasteiger charge is -2.05. The maximum Gasteiger partial charge on any atom is 0.238 e. The maximum atomic E-state index is 11.2. The quantitative estimate of drug-likeness (QED) is 0.766. The van der Waals surface area contributed by atoms with Gasteiger partial charge in [-0.25, -0.2) is 13.6 Å². The topological polar surface area (TPSA) is 60.2 Å². The smallest absolute Gasteiger partial charge is 0.225 e. The highest BCUT2D eigenvalue weighted by molar-refractivity contribution is 7.89. The van der Waals surface area contributed by atoms with Crippen molar-refractivity contribution < 1.29 is 8.42 Å². The molecule has 1 aromatic carbocycles. The van der Waals surface area contributed by atoms with Crippen molar-refractivity contribution in [2.24, 2.45) is 5.14 Å². The normalized spacial score (nSPS) is 11.6. The Labute approximate surface area is 89.8 Å². The monoisotopic (exact) mass is 231 g/mol. The van der Waals surface area contributed by atoms with Crippen molar-refractivity contribution in [2.45, 2.75) is 18.2 Å². The molecule has 0 amide bonds. The third-order valence-electron chi connectivity index (χ3n) is 1.96. The standard InChI is InChI=1S/C9H13NO2S2/c1-7-2-3-8(4-5-13)6-9(7)14(10,11)12/h2-3,6,13H,4-5H2,1H3,(H2,10,11,12). The molecule has 0 aliphatic carbocycles. The molecule has 0 aliphatic heterocycles. The zero-order valence-corrected chi connectivity index (χ0v) is 9.61. The van der Waals surface area contributed by atoms with E-state index in [1.165, 1.54) is 0 Å². The van der Waals surface area contributed by atoms with Gasteiger partial charge in [-0.15, -0.1) is 0 Å². The number of sulfonamides is 1. The van der Waals surface area contributed by atoms with Gasteiger partial charge in [-0.05, 0) is 36.3 Å². The van der Waals surface area contributed by atoms with Crippen molar-refractivity contribution in [1.82, 2.24) is 0 Å². The van der Waals surface area contributed by atoms with E-state index in [1.54, 1.807) is 19.1 Å². The first-order chi connectivity index (χ1) is 6.45. The van der Waals surface area contributed by atoms with E-state index in [1.807, 2.05) is 6.07 Å². The molecule has 14 heavy (non-hydrogen) atoms. The molecule has 0 radical (unpaired) electrons. The second-order valence-corrected chi connectivity index (χ2v) is 5.10. The van der Waals surface area contributed by atoms with Gasteiger partial charge in [-0.2, -0.15) is 12.6 Å². The van der Waals surface area contributed by atoms with Crippen molar-refractivity contribution in [3.05, 3.63) is 29.3 Å². The average molecular weight is 231 g/mol. The molecule has 3 nitrogen and oxygen atoms in total. The van der Waals surface area contributed by atoms with Gasteiger partial charge in [0.25, 0.3) is 0 Å². The number of aryl methyl sites for hydroxylation is 2. The van der Waals surface area contributed by atoms with Crippen LogP contribution >= 0.6 is 12.6 Å². The van der Waals surface area contributed by atoms with Gasteiger partial charge in [0.1, 0.15) is 0 Å². The van der Waals surface area contributed by atoms with Crippen LogP contribution in [0.3, 0.4) is 0 Å². The molecule has 0 saturated heterocycles. The second-order valence-electron chi connectivity index (χ2n) is 3.12. The van der Waals surface area contributed by atoms with E-state index in [0.29, 0.717) is 11.3 Å². The predicted octanol–water partition coefficient (Wildman–Crippen LogP) is 1.11. The Bertz CT molecular complexity index is 426. The van der Waals surface area contributed by atoms with Crippen LogP contribution in [0.1, 0.15) is 11.1 Å². The SMILES string of the molecule is Cc1ccc(CCS)cc1S(N)(=O)=O. The molecule has 0 fully saturated rings. The zero-order chi connectivity index (χ0) is 10.8. The van der Waals surface area contributed by atoms with Crippen LogP contribution in [0.15, 0.2) is 23.1 Å². The number of thiol groups is 1. The summed E-state index contributed by atoms with van der Waals surface area (Å²) in [5.74, 6) is 0.688. The van der Waals surface area contributed by atoms with Gasteiger partial charge in [-0.1, -0.05) is 12.1 Å². The molecular weight excluding hydrogens is 218 g/mol. The van der Waals surface area contributed by atoms with Crippen molar-refractivity contribution in [3.8, 4) is 0 Å². The summed E-state index contributed by atoms with van der Waals surface area (Å²) in [6, 6.07) is 5.26. The van der Waals surface area contributed by atoms with E-state index in [0.717, 1.165) is 12.0 Å². The Balaban J connectivity index is 3.22. The molecule has 1 rings (SSSR count). The minimum Gasteiger partial charge on any atom is -0.225 e. The van der Waals surface area contributed by atoms with Crippen LogP contribution in [0, 0.1) is 6.92 Å². The Morgan fingerprint density at radius 1 is 1.43 bits per heavy atom. The summed E-state index contributed by atoms with van der Waals surface area (Å²) in [4.78, 5) is 0.205. The molecular formula is C9H13NO2S2. The fourth-order valence-corrected chi connectivity index (χ4v) is 2.33. The molecule has 0 saturated carbocycles. The zero-order valence-electron chi connectivity index (χ0n) is 7.90. The van der Waals surface area contributed by atoms with E-state index in [-0.39, 0.29) is 4.90 Å². The predicted molar refractivity (Wildman–Crippen MR) is 60.1 cm³/mol. The van der Waals surface area contributed by atoms with Crippen LogP contribution in [0.25, 0.3) is 0 Å². The van der Waals surface area contributed by atoms with E-state index in [2.05, 4.69) is 12.6 Å². The molecule has 0 spiro atoms. The summed E-state index contributed by atoms with van der Waals surface area (Å²) in [5, 5.41) is 5.08. The molecule has 0 unspecified atom stereocenters. The third kappa shape index (κ3) is 2.73. The number of hydrogen-bond acceptors (Lipinski definition) is 3. The summed E-state index contributed by atoms with van der Waals surface area (Å²) in [6.07, 6.45) is 0.742. The Morgan fingerprint density at radius 3 is 2.57 bits per heavy atom. The lowest BCUT2D eigenvalue weighted by molar-refractivity contribution is 0.597.